The van der Waals surface area contributed by atoms with E-state index in [1.807, 2.05) is 6.07 Å². The Balaban J connectivity index is 1.86. The van der Waals surface area contributed by atoms with E-state index < -0.39 is 0 Å². The van der Waals surface area contributed by atoms with Gasteiger partial charge >= 0.3 is 0 Å². The SMILES string of the molecule is CN1CCN(c2cc(C3CC3)c([N+](=O)[O-])cn2)CC1. The zero-order valence-electron chi connectivity index (χ0n) is 11.1. The third-order valence-corrected chi connectivity index (χ3v) is 3.94. The molecule has 0 spiro atoms. The summed E-state index contributed by atoms with van der Waals surface area (Å²) in [6.07, 6.45) is 3.56. The minimum atomic E-state index is -0.311. The summed E-state index contributed by atoms with van der Waals surface area (Å²) in [5.41, 5.74) is 1.05. The molecular formula is C13H18N4O2. The number of anilines is 1. The van der Waals surface area contributed by atoms with Gasteiger partial charge in [0.2, 0.25) is 0 Å². The van der Waals surface area contributed by atoms with Crippen LogP contribution in [0, 0.1) is 10.1 Å². The lowest BCUT2D eigenvalue weighted by molar-refractivity contribution is -0.385. The quantitative estimate of drug-likeness (QED) is 0.612. The van der Waals surface area contributed by atoms with Gasteiger partial charge < -0.3 is 9.80 Å². The van der Waals surface area contributed by atoms with Crippen molar-refractivity contribution < 1.29 is 4.92 Å². The van der Waals surface area contributed by atoms with Gasteiger partial charge in [-0.15, -0.1) is 0 Å². The zero-order chi connectivity index (χ0) is 13.4. The molecule has 1 saturated heterocycles. The first-order valence-corrected chi connectivity index (χ1v) is 6.73. The third kappa shape index (κ3) is 2.53. The molecule has 2 heterocycles. The number of pyridine rings is 1. The van der Waals surface area contributed by atoms with Crippen molar-refractivity contribution >= 4 is 11.5 Å². The molecule has 6 heteroatoms. The number of likely N-dealkylation sites (N-methyl/N-ethyl adjacent to an activating group) is 1. The van der Waals surface area contributed by atoms with Crippen molar-refractivity contribution in [3.05, 3.63) is 27.9 Å². The van der Waals surface area contributed by atoms with Gasteiger partial charge in [-0.1, -0.05) is 0 Å². The number of hydrogen-bond acceptors (Lipinski definition) is 5. The average Bonchev–Trinajstić information content (AvgIpc) is 3.23. The largest absolute Gasteiger partial charge is 0.354 e. The van der Waals surface area contributed by atoms with Crippen molar-refractivity contribution in [1.29, 1.82) is 0 Å². The standard InChI is InChI=1S/C13H18N4O2/c1-15-4-6-16(7-5-15)13-8-11(10-2-3-10)12(9-14-13)17(18)19/h8-10H,2-7H2,1H3. The molecule has 0 N–H and O–H groups in total. The zero-order valence-corrected chi connectivity index (χ0v) is 11.1. The van der Waals surface area contributed by atoms with E-state index in [2.05, 4.69) is 21.8 Å². The highest BCUT2D eigenvalue weighted by Crippen LogP contribution is 2.44. The second-order valence-electron chi connectivity index (χ2n) is 5.42. The Morgan fingerprint density at radius 2 is 2.00 bits per heavy atom. The average molecular weight is 262 g/mol. The molecule has 102 valence electrons. The van der Waals surface area contributed by atoms with Crippen LogP contribution in [-0.4, -0.2) is 48.0 Å². The molecule has 3 rings (SSSR count). The van der Waals surface area contributed by atoms with E-state index in [-0.39, 0.29) is 10.6 Å². The van der Waals surface area contributed by atoms with Crippen molar-refractivity contribution in [3.8, 4) is 0 Å². The van der Waals surface area contributed by atoms with Gasteiger partial charge in [0.15, 0.2) is 0 Å². The number of nitrogens with zero attached hydrogens (tertiary/aromatic N) is 4. The van der Waals surface area contributed by atoms with Crippen LogP contribution in [0.25, 0.3) is 0 Å². The van der Waals surface area contributed by atoms with E-state index in [0.29, 0.717) is 5.92 Å². The van der Waals surface area contributed by atoms with E-state index >= 15 is 0 Å². The van der Waals surface area contributed by atoms with Crippen molar-refractivity contribution in [3.63, 3.8) is 0 Å². The minimum absolute atomic E-state index is 0.181. The highest BCUT2D eigenvalue weighted by atomic mass is 16.6. The maximum atomic E-state index is 11.0. The van der Waals surface area contributed by atoms with Crippen LogP contribution in [0.15, 0.2) is 12.3 Å². The maximum Gasteiger partial charge on any atom is 0.291 e. The van der Waals surface area contributed by atoms with Crippen LogP contribution in [0.4, 0.5) is 11.5 Å². The molecule has 0 amide bonds. The van der Waals surface area contributed by atoms with Crippen LogP contribution in [0.2, 0.25) is 0 Å². The van der Waals surface area contributed by atoms with E-state index in [1.165, 1.54) is 6.20 Å². The molecular weight excluding hydrogens is 244 g/mol. The Bertz CT molecular complexity index is 493. The fourth-order valence-electron chi connectivity index (χ4n) is 2.53. The molecule has 1 aliphatic heterocycles. The molecule has 1 aromatic rings. The topological polar surface area (TPSA) is 62.5 Å². The molecule has 0 atom stereocenters. The van der Waals surface area contributed by atoms with Gasteiger partial charge in [-0.05, 0) is 31.9 Å². The lowest BCUT2D eigenvalue weighted by Gasteiger charge is -2.33. The summed E-state index contributed by atoms with van der Waals surface area (Å²) < 4.78 is 0. The predicted octanol–water partition coefficient (Wildman–Crippen LogP) is 1.62. The number of nitro groups is 1. The van der Waals surface area contributed by atoms with E-state index in [4.69, 9.17) is 0 Å². The van der Waals surface area contributed by atoms with Crippen LogP contribution in [0.3, 0.4) is 0 Å². The van der Waals surface area contributed by atoms with Gasteiger partial charge in [0, 0.05) is 31.7 Å². The highest BCUT2D eigenvalue weighted by Gasteiger charge is 2.32. The Kier molecular flexibility index (Phi) is 3.10. The molecule has 2 fully saturated rings. The lowest BCUT2D eigenvalue weighted by atomic mass is 10.1. The second kappa shape index (κ2) is 4.77. The van der Waals surface area contributed by atoms with Gasteiger partial charge in [0.25, 0.3) is 5.69 Å². The van der Waals surface area contributed by atoms with Crippen LogP contribution < -0.4 is 4.90 Å². The maximum absolute atomic E-state index is 11.0. The smallest absolute Gasteiger partial charge is 0.291 e. The van der Waals surface area contributed by atoms with Gasteiger partial charge in [-0.3, -0.25) is 10.1 Å². The Hall–Kier alpha value is -1.69. The summed E-state index contributed by atoms with van der Waals surface area (Å²) in [6.45, 7) is 3.89. The first kappa shape index (κ1) is 12.3. The van der Waals surface area contributed by atoms with Gasteiger partial charge in [-0.2, -0.15) is 0 Å². The van der Waals surface area contributed by atoms with Crippen molar-refractivity contribution in [2.75, 3.05) is 38.1 Å². The first-order valence-electron chi connectivity index (χ1n) is 6.73. The van der Waals surface area contributed by atoms with Crippen LogP contribution in [0.1, 0.15) is 24.3 Å². The summed E-state index contributed by atoms with van der Waals surface area (Å²) in [5, 5.41) is 11.0. The second-order valence-corrected chi connectivity index (χ2v) is 5.42. The predicted molar refractivity (Wildman–Crippen MR) is 72.6 cm³/mol. The highest BCUT2D eigenvalue weighted by molar-refractivity contribution is 5.52. The summed E-state index contributed by atoms with van der Waals surface area (Å²) in [4.78, 5) is 19.5. The van der Waals surface area contributed by atoms with E-state index in [9.17, 15) is 10.1 Å². The van der Waals surface area contributed by atoms with Crippen LogP contribution >= 0.6 is 0 Å². The summed E-state index contributed by atoms with van der Waals surface area (Å²) in [7, 11) is 2.11. The van der Waals surface area contributed by atoms with Crippen molar-refractivity contribution in [1.82, 2.24) is 9.88 Å². The molecule has 1 aliphatic carbocycles. The minimum Gasteiger partial charge on any atom is -0.354 e. The molecule has 19 heavy (non-hydrogen) atoms. The Morgan fingerprint density at radius 1 is 1.32 bits per heavy atom. The molecule has 0 radical (unpaired) electrons. The van der Waals surface area contributed by atoms with Crippen LogP contribution in [-0.2, 0) is 0 Å². The molecule has 1 aromatic heterocycles. The number of rotatable bonds is 3. The molecule has 0 bridgehead atoms. The molecule has 0 aromatic carbocycles. The Morgan fingerprint density at radius 3 is 2.58 bits per heavy atom. The summed E-state index contributed by atoms with van der Waals surface area (Å²) >= 11 is 0. The summed E-state index contributed by atoms with van der Waals surface area (Å²) in [5.74, 6) is 1.26. The van der Waals surface area contributed by atoms with Crippen molar-refractivity contribution in [2.24, 2.45) is 0 Å². The lowest BCUT2D eigenvalue weighted by Crippen LogP contribution is -2.44. The molecule has 0 unspecified atom stereocenters. The van der Waals surface area contributed by atoms with E-state index in [1.54, 1.807) is 0 Å². The normalized spacial score (nSPS) is 20.6. The molecule has 6 nitrogen and oxygen atoms in total. The Labute approximate surface area is 112 Å². The van der Waals surface area contributed by atoms with E-state index in [0.717, 1.165) is 50.4 Å². The first-order chi connectivity index (χ1) is 9.15. The monoisotopic (exact) mass is 262 g/mol. The number of aromatic nitrogens is 1. The number of piperazine rings is 1. The number of hydrogen-bond donors (Lipinski definition) is 0. The third-order valence-electron chi connectivity index (χ3n) is 3.94. The van der Waals surface area contributed by atoms with Gasteiger partial charge in [0.1, 0.15) is 12.0 Å². The van der Waals surface area contributed by atoms with Gasteiger partial charge in [0.05, 0.1) is 4.92 Å². The fraction of sp³-hybridized carbons (Fsp3) is 0.615. The van der Waals surface area contributed by atoms with Gasteiger partial charge in [-0.25, -0.2) is 4.98 Å². The molecule has 1 saturated carbocycles. The van der Waals surface area contributed by atoms with Crippen molar-refractivity contribution in [2.45, 2.75) is 18.8 Å². The summed E-state index contributed by atoms with van der Waals surface area (Å²) in [6, 6.07) is 1.93. The van der Waals surface area contributed by atoms with Crippen LogP contribution in [0.5, 0.6) is 0 Å². The fourth-order valence-corrected chi connectivity index (χ4v) is 2.53. The molecule has 2 aliphatic rings.